The Morgan fingerprint density at radius 1 is 1.40 bits per heavy atom. The molecular formula is C11H14ClN3. The number of aromatic nitrogens is 2. The van der Waals surface area contributed by atoms with E-state index in [1.807, 2.05) is 29.1 Å². The van der Waals surface area contributed by atoms with Crippen LogP contribution < -0.4 is 0 Å². The Hall–Kier alpha value is -1.06. The van der Waals surface area contributed by atoms with Gasteiger partial charge >= 0.3 is 0 Å². The molecule has 0 atom stereocenters. The number of halogens is 1. The highest BCUT2D eigenvalue weighted by Gasteiger charge is 2.03. The average Bonchev–Trinajstić information content (AvgIpc) is 2.57. The summed E-state index contributed by atoms with van der Waals surface area (Å²) < 4.78 is 1.99. The summed E-state index contributed by atoms with van der Waals surface area (Å²) in [5.74, 6) is 0. The number of hydrogen-bond donors (Lipinski definition) is 0. The van der Waals surface area contributed by atoms with Gasteiger partial charge in [0.25, 0.3) is 0 Å². The first-order chi connectivity index (χ1) is 7.16. The summed E-state index contributed by atoms with van der Waals surface area (Å²) >= 11 is 5.96. The predicted octanol–water partition coefficient (Wildman–Crippen LogP) is 2.25. The lowest BCUT2D eigenvalue weighted by Crippen LogP contribution is -2.18. The molecule has 1 heterocycles. The summed E-state index contributed by atoms with van der Waals surface area (Å²) in [6, 6.07) is 5.85. The minimum Gasteiger partial charge on any atom is -0.308 e. The van der Waals surface area contributed by atoms with Crippen molar-refractivity contribution in [2.24, 2.45) is 0 Å². The summed E-state index contributed by atoms with van der Waals surface area (Å²) in [6.45, 7) is 1.86. The summed E-state index contributed by atoms with van der Waals surface area (Å²) in [5, 5.41) is 6.24. The zero-order valence-electron chi connectivity index (χ0n) is 8.94. The minimum absolute atomic E-state index is 0.758. The third-order valence-corrected chi connectivity index (χ3v) is 2.60. The molecule has 2 rings (SSSR count). The lowest BCUT2D eigenvalue weighted by molar-refractivity contribution is 0.377. The molecule has 15 heavy (non-hydrogen) atoms. The maximum Gasteiger partial charge on any atom is 0.0697 e. The van der Waals surface area contributed by atoms with Crippen LogP contribution in [0.15, 0.2) is 24.4 Å². The van der Waals surface area contributed by atoms with Crippen LogP contribution in [-0.4, -0.2) is 35.3 Å². The molecule has 0 aliphatic carbocycles. The van der Waals surface area contributed by atoms with Gasteiger partial charge in [-0.2, -0.15) is 5.10 Å². The zero-order chi connectivity index (χ0) is 10.8. The molecule has 0 radical (unpaired) electrons. The fraction of sp³-hybridized carbons (Fsp3) is 0.364. The van der Waals surface area contributed by atoms with E-state index in [4.69, 9.17) is 11.6 Å². The molecule has 0 saturated carbocycles. The van der Waals surface area contributed by atoms with Crippen LogP contribution in [0, 0.1) is 0 Å². The molecule has 4 heteroatoms. The average molecular weight is 224 g/mol. The summed E-state index contributed by atoms with van der Waals surface area (Å²) in [5.41, 5.74) is 1.10. The second-order valence-corrected chi connectivity index (χ2v) is 4.31. The van der Waals surface area contributed by atoms with E-state index in [1.54, 1.807) is 0 Å². The molecule has 0 spiro atoms. The van der Waals surface area contributed by atoms with Gasteiger partial charge in [-0.25, -0.2) is 0 Å². The Bertz CT molecular complexity index is 462. The summed E-state index contributed by atoms with van der Waals surface area (Å²) in [4.78, 5) is 2.14. The number of rotatable bonds is 3. The van der Waals surface area contributed by atoms with Crippen LogP contribution in [0.5, 0.6) is 0 Å². The monoisotopic (exact) mass is 223 g/mol. The van der Waals surface area contributed by atoms with Gasteiger partial charge in [0.1, 0.15) is 0 Å². The molecule has 1 aromatic carbocycles. The fourth-order valence-electron chi connectivity index (χ4n) is 1.52. The number of hydrogen-bond acceptors (Lipinski definition) is 2. The maximum absolute atomic E-state index is 5.96. The molecule has 0 aliphatic heterocycles. The highest BCUT2D eigenvalue weighted by Crippen LogP contribution is 2.18. The van der Waals surface area contributed by atoms with Gasteiger partial charge < -0.3 is 4.90 Å². The summed E-state index contributed by atoms with van der Waals surface area (Å²) in [6.07, 6.45) is 1.88. The van der Waals surface area contributed by atoms with Crippen molar-refractivity contribution in [2.75, 3.05) is 20.6 Å². The lowest BCUT2D eigenvalue weighted by atomic mass is 10.2. The predicted molar refractivity (Wildman–Crippen MR) is 63.3 cm³/mol. The van der Waals surface area contributed by atoms with Gasteiger partial charge in [0.05, 0.1) is 18.3 Å². The number of benzene rings is 1. The van der Waals surface area contributed by atoms with E-state index in [0.717, 1.165) is 29.0 Å². The highest BCUT2D eigenvalue weighted by atomic mass is 35.5. The molecule has 1 aromatic heterocycles. The van der Waals surface area contributed by atoms with Crippen LogP contribution in [0.3, 0.4) is 0 Å². The first-order valence-electron chi connectivity index (χ1n) is 4.92. The van der Waals surface area contributed by atoms with Crippen molar-refractivity contribution in [2.45, 2.75) is 6.54 Å². The van der Waals surface area contributed by atoms with Crippen LogP contribution in [0.1, 0.15) is 0 Å². The van der Waals surface area contributed by atoms with Crippen LogP contribution in [0.2, 0.25) is 5.02 Å². The van der Waals surface area contributed by atoms with Crippen molar-refractivity contribution in [1.29, 1.82) is 0 Å². The maximum atomic E-state index is 5.96. The van der Waals surface area contributed by atoms with Gasteiger partial charge in [0.2, 0.25) is 0 Å². The molecule has 0 fully saturated rings. The standard InChI is InChI=1S/C11H14ClN3/c1-14(2)5-6-15-11-7-10(12)4-3-9(11)8-13-15/h3-4,7-8H,5-6H2,1-2H3. The van der Waals surface area contributed by atoms with Crippen molar-refractivity contribution in [3.63, 3.8) is 0 Å². The number of likely N-dealkylation sites (N-methyl/N-ethyl adjacent to an activating group) is 1. The second-order valence-electron chi connectivity index (χ2n) is 3.87. The van der Waals surface area contributed by atoms with Gasteiger partial charge in [-0.15, -0.1) is 0 Å². The lowest BCUT2D eigenvalue weighted by Gasteiger charge is -2.09. The zero-order valence-corrected chi connectivity index (χ0v) is 9.70. The topological polar surface area (TPSA) is 21.1 Å². The molecule has 0 bridgehead atoms. The van der Waals surface area contributed by atoms with E-state index in [9.17, 15) is 0 Å². The largest absolute Gasteiger partial charge is 0.308 e. The van der Waals surface area contributed by atoms with Crippen LogP contribution >= 0.6 is 11.6 Å². The third-order valence-electron chi connectivity index (χ3n) is 2.37. The summed E-state index contributed by atoms with van der Waals surface area (Å²) in [7, 11) is 4.11. The molecular weight excluding hydrogens is 210 g/mol. The quantitative estimate of drug-likeness (QED) is 0.796. The van der Waals surface area contributed by atoms with Crippen molar-refractivity contribution < 1.29 is 0 Å². The van der Waals surface area contributed by atoms with Gasteiger partial charge in [-0.3, -0.25) is 4.68 Å². The van der Waals surface area contributed by atoms with Crippen molar-refractivity contribution in [3.8, 4) is 0 Å². The molecule has 80 valence electrons. The van der Waals surface area contributed by atoms with E-state index in [-0.39, 0.29) is 0 Å². The van der Waals surface area contributed by atoms with Crippen molar-refractivity contribution >= 4 is 22.5 Å². The first-order valence-corrected chi connectivity index (χ1v) is 5.30. The SMILES string of the molecule is CN(C)CCn1ncc2ccc(Cl)cc21. The molecule has 0 aliphatic rings. The van der Waals surface area contributed by atoms with Gasteiger partial charge in [0, 0.05) is 17.0 Å². The number of nitrogens with zero attached hydrogens (tertiary/aromatic N) is 3. The Morgan fingerprint density at radius 2 is 2.20 bits per heavy atom. The first kappa shape index (κ1) is 10.5. The fourth-order valence-corrected chi connectivity index (χ4v) is 1.68. The van der Waals surface area contributed by atoms with Gasteiger partial charge in [0.15, 0.2) is 0 Å². The molecule has 0 amide bonds. The van der Waals surface area contributed by atoms with E-state index in [1.165, 1.54) is 0 Å². The van der Waals surface area contributed by atoms with Crippen molar-refractivity contribution in [1.82, 2.24) is 14.7 Å². The van der Waals surface area contributed by atoms with E-state index in [0.29, 0.717) is 0 Å². The normalized spacial score (nSPS) is 11.5. The van der Waals surface area contributed by atoms with E-state index < -0.39 is 0 Å². The van der Waals surface area contributed by atoms with Crippen LogP contribution in [-0.2, 0) is 6.54 Å². The van der Waals surface area contributed by atoms with Crippen LogP contribution in [0.4, 0.5) is 0 Å². The second kappa shape index (κ2) is 4.21. The Labute approximate surface area is 94.2 Å². The Morgan fingerprint density at radius 3 is 2.93 bits per heavy atom. The molecule has 0 saturated heterocycles. The minimum atomic E-state index is 0.758. The Balaban J connectivity index is 2.31. The molecule has 2 aromatic rings. The molecule has 0 N–H and O–H groups in total. The Kier molecular flexibility index (Phi) is 2.93. The highest BCUT2D eigenvalue weighted by molar-refractivity contribution is 6.31. The van der Waals surface area contributed by atoms with Crippen molar-refractivity contribution in [3.05, 3.63) is 29.4 Å². The van der Waals surface area contributed by atoms with E-state index >= 15 is 0 Å². The van der Waals surface area contributed by atoms with Gasteiger partial charge in [-0.1, -0.05) is 11.6 Å². The molecule has 0 unspecified atom stereocenters. The van der Waals surface area contributed by atoms with Gasteiger partial charge in [-0.05, 0) is 32.3 Å². The van der Waals surface area contributed by atoms with E-state index in [2.05, 4.69) is 24.1 Å². The third kappa shape index (κ3) is 2.30. The smallest absolute Gasteiger partial charge is 0.0697 e. The number of fused-ring (bicyclic) bond motifs is 1. The molecule has 3 nitrogen and oxygen atoms in total. The van der Waals surface area contributed by atoms with Crippen LogP contribution in [0.25, 0.3) is 10.9 Å².